The molecule has 0 aliphatic carbocycles. The Morgan fingerprint density at radius 1 is 1.10 bits per heavy atom. The smallest absolute Gasteiger partial charge is 0.344 e. The average Bonchev–Trinajstić information content (AvgIpc) is 3.34. The van der Waals surface area contributed by atoms with Crippen molar-refractivity contribution in [3.63, 3.8) is 0 Å². The third-order valence-electron chi connectivity index (χ3n) is 5.11. The summed E-state index contributed by atoms with van der Waals surface area (Å²) < 4.78 is 17.2. The maximum atomic E-state index is 12.5. The molecule has 0 bridgehead atoms. The molecule has 0 unspecified atom stereocenters. The molecular formula is C23H18N2O5S. The van der Waals surface area contributed by atoms with Crippen molar-refractivity contribution in [2.45, 2.75) is 6.23 Å². The molecule has 1 aliphatic rings. The van der Waals surface area contributed by atoms with Gasteiger partial charge >= 0.3 is 5.97 Å². The number of hydrogen-bond acceptors (Lipinski definition) is 8. The van der Waals surface area contributed by atoms with Crippen molar-refractivity contribution in [1.82, 2.24) is 4.98 Å². The highest BCUT2D eigenvalue weighted by Gasteiger charge is 2.36. The summed E-state index contributed by atoms with van der Waals surface area (Å²) in [5, 5.41) is 14.5. The van der Waals surface area contributed by atoms with Gasteiger partial charge in [-0.1, -0.05) is 12.1 Å². The summed E-state index contributed by atoms with van der Waals surface area (Å²) in [7, 11) is 2.99. The molecule has 2 heterocycles. The summed E-state index contributed by atoms with van der Waals surface area (Å²) in [6, 6.07) is 16.5. The molecule has 0 spiro atoms. The first-order chi connectivity index (χ1) is 15.1. The molecule has 5 rings (SSSR count). The number of thiazole rings is 1. The predicted molar refractivity (Wildman–Crippen MR) is 118 cm³/mol. The van der Waals surface area contributed by atoms with Crippen LogP contribution in [-0.2, 0) is 4.74 Å². The van der Waals surface area contributed by atoms with Crippen LogP contribution in [0.15, 0.2) is 54.6 Å². The lowest BCUT2D eigenvalue weighted by Crippen LogP contribution is -2.10. The number of fused-ring (bicyclic) bond motifs is 2. The highest BCUT2D eigenvalue weighted by atomic mass is 32.1. The number of aromatic nitrogens is 1. The Balaban J connectivity index is 1.44. The Labute approximate surface area is 181 Å². The van der Waals surface area contributed by atoms with Crippen LogP contribution in [0, 0.1) is 0 Å². The Hall–Kier alpha value is -3.78. The fourth-order valence-corrected chi connectivity index (χ4v) is 4.65. The zero-order chi connectivity index (χ0) is 21.5. The number of carbonyl (C=O) groups is 1. The highest BCUT2D eigenvalue weighted by Crippen LogP contribution is 2.43. The van der Waals surface area contributed by atoms with Gasteiger partial charge < -0.3 is 24.6 Å². The molecule has 8 heteroatoms. The minimum atomic E-state index is -0.713. The first kappa shape index (κ1) is 19.2. The second kappa shape index (κ2) is 7.48. The van der Waals surface area contributed by atoms with Gasteiger partial charge in [0, 0.05) is 17.3 Å². The molecular weight excluding hydrogens is 416 g/mol. The van der Waals surface area contributed by atoms with Gasteiger partial charge in [0.15, 0.2) is 11.5 Å². The van der Waals surface area contributed by atoms with E-state index in [1.807, 2.05) is 30.3 Å². The van der Waals surface area contributed by atoms with Crippen LogP contribution < -0.4 is 14.8 Å². The van der Waals surface area contributed by atoms with Gasteiger partial charge in [0.05, 0.1) is 30.0 Å². The van der Waals surface area contributed by atoms with E-state index in [0.29, 0.717) is 33.9 Å². The van der Waals surface area contributed by atoms with E-state index in [9.17, 15) is 9.90 Å². The number of anilines is 1. The van der Waals surface area contributed by atoms with Crippen molar-refractivity contribution in [3.8, 4) is 27.8 Å². The molecule has 1 aliphatic heterocycles. The molecule has 3 aromatic carbocycles. The van der Waals surface area contributed by atoms with Gasteiger partial charge in [-0.25, -0.2) is 9.78 Å². The summed E-state index contributed by atoms with van der Waals surface area (Å²) >= 11 is 1.52. The number of carbonyl (C=O) groups excluding carboxylic acids is 1. The fourth-order valence-electron chi connectivity index (χ4n) is 3.65. The van der Waals surface area contributed by atoms with Crippen molar-refractivity contribution < 1.29 is 24.1 Å². The number of nitrogens with zero attached hydrogens (tertiary/aromatic N) is 1. The third kappa shape index (κ3) is 3.21. The van der Waals surface area contributed by atoms with Crippen LogP contribution in [0.5, 0.6) is 17.2 Å². The van der Waals surface area contributed by atoms with Gasteiger partial charge in [0.1, 0.15) is 16.3 Å². The SMILES string of the molecule is COc1ccc2c(c1OC)C(=O)O[C@@H]2Nc1ccc(-c2nc3ccccc3s2)c(O)c1. The van der Waals surface area contributed by atoms with Crippen LogP contribution in [0.2, 0.25) is 0 Å². The second-order valence-electron chi connectivity index (χ2n) is 6.91. The summed E-state index contributed by atoms with van der Waals surface area (Å²) in [6.07, 6.45) is -0.713. The van der Waals surface area contributed by atoms with E-state index in [4.69, 9.17) is 14.2 Å². The second-order valence-corrected chi connectivity index (χ2v) is 7.94. The molecule has 0 saturated heterocycles. The predicted octanol–water partition coefficient (Wildman–Crippen LogP) is 4.97. The molecule has 0 fully saturated rings. The van der Waals surface area contributed by atoms with Crippen molar-refractivity contribution in [2.75, 3.05) is 19.5 Å². The number of methoxy groups -OCH3 is 2. The summed E-state index contributed by atoms with van der Waals surface area (Å²) in [6.45, 7) is 0. The Kier molecular flexibility index (Phi) is 4.63. The normalized spacial score (nSPS) is 14.9. The molecule has 156 valence electrons. The maximum Gasteiger partial charge on any atom is 0.344 e. The lowest BCUT2D eigenvalue weighted by Gasteiger charge is -2.16. The monoisotopic (exact) mass is 434 g/mol. The molecule has 4 aromatic rings. The van der Waals surface area contributed by atoms with E-state index in [1.54, 1.807) is 24.3 Å². The number of benzene rings is 3. The molecule has 1 atom stereocenters. The number of rotatable bonds is 5. The van der Waals surface area contributed by atoms with E-state index in [-0.39, 0.29) is 5.75 Å². The summed E-state index contributed by atoms with van der Waals surface area (Å²) in [5.74, 6) is 0.375. The number of nitrogens with one attached hydrogen (secondary N) is 1. The van der Waals surface area contributed by atoms with E-state index in [2.05, 4.69) is 10.3 Å². The quantitative estimate of drug-likeness (QED) is 0.429. The molecule has 31 heavy (non-hydrogen) atoms. The third-order valence-corrected chi connectivity index (χ3v) is 6.18. The molecule has 1 aromatic heterocycles. The van der Waals surface area contributed by atoms with Crippen LogP contribution in [-0.4, -0.2) is 30.3 Å². The minimum Gasteiger partial charge on any atom is -0.507 e. The summed E-state index contributed by atoms with van der Waals surface area (Å²) in [4.78, 5) is 17.0. The number of ether oxygens (including phenoxy) is 3. The lowest BCUT2D eigenvalue weighted by molar-refractivity contribution is 0.0435. The van der Waals surface area contributed by atoms with E-state index >= 15 is 0 Å². The number of cyclic esters (lactones) is 1. The van der Waals surface area contributed by atoms with E-state index in [1.165, 1.54) is 25.6 Å². The first-order valence-electron chi connectivity index (χ1n) is 9.50. The number of phenols is 1. The molecule has 0 saturated carbocycles. The van der Waals surface area contributed by atoms with Gasteiger partial charge in [-0.3, -0.25) is 0 Å². The van der Waals surface area contributed by atoms with Crippen molar-refractivity contribution >= 4 is 33.2 Å². The van der Waals surface area contributed by atoms with E-state index < -0.39 is 12.2 Å². The highest BCUT2D eigenvalue weighted by molar-refractivity contribution is 7.21. The van der Waals surface area contributed by atoms with Gasteiger partial charge in [-0.2, -0.15) is 0 Å². The summed E-state index contributed by atoms with van der Waals surface area (Å²) in [5.41, 5.74) is 3.10. The number of hydrogen-bond donors (Lipinski definition) is 2. The van der Waals surface area contributed by atoms with Crippen LogP contribution >= 0.6 is 11.3 Å². The van der Waals surface area contributed by atoms with Crippen LogP contribution in [0.4, 0.5) is 5.69 Å². The molecule has 0 radical (unpaired) electrons. The number of esters is 1. The van der Waals surface area contributed by atoms with Crippen LogP contribution in [0.1, 0.15) is 22.1 Å². The van der Waals surface area contributed by atoms with Gasteiger partial charge in [-0.05, 0) is 36.4 Å². The first-order valence-corrected chi connectivity index (χ1v) is 10.3. The van der Waals surface area contributed by atoms with Gasteiger partial charge in [0.25, 0.3) is 0 Å². The zero-order valence-electron chi connectivity index (χ0n) is 16.7. The van der Waals surface area contributed by atoms with Crippen molar-refractivity contribution in [2.24, 2.45) is 0 Å². The Morgan fingerprint density at radius 2 is 1.94 bits per heavy atom. The maximum absolute atomic E-state index is 12.5. The Bertz CT molecular complexity index is 1280. The lowest BCUT2D eigenvalue weighted by atomic mass is 10.1. The van der Waals surface area contributed by atoms with Gasteiger partial charge in [0.2, 0.25) is 6.23 Å². The van der Waals surface area contributed by atoms with Crippen LogP contribution in [0.25, 0.3) is 20.8 Å². The zero-order valence-corrected chi connectivity index (χ0v) is 17.5. The largest absolute Gasteiger partial charge is 0.507 e. The molecule has 2 N–H and O–H groups in total. The number of para-hydroxylation sites is 1. The van der Waals surface area contributed by atoms with Gasteiger partial charge in [-0.15, -0.1) is 11.3 Å². The van der Waals surface area contributed by atoms with E-state index in [0.717, 1.165) is 15.2 Å². The average molecular weight is 434 g/mol. The number of phenolic OH excluding ortho intramolecular Hbond substituents is 1. The van der Waals surface area contributed by atoms with Crippen LogP contribution in [0.3, 0.4) is 0 Å². The van der Waals surface area contributed by atoms with Crippen molar-refractivity contribution in [3.05, 3.63) is 65.7 Å². The Morgan fingerprint density at radius 3 is 2.68 bits per heavy atom. The topological polar surface area (TPSA) is 89.9 Å². The van der Waals surface area contributed by atoms with Crippen molar-refractivity contribution in [1.29, 1.82) is 0 Å². The minimum absolute atomic E-state index is 0.0842. The molecule has 0 amide bonds. The number of aromatic hydroxyl groups is 1. The standard InChI is InChI=1S/C23H18N2O5S/c1-28-17-10-9-14-19(20(17)29-2)23(27)30-21(14)24-12-7-8-13(16(26)11-12)22-25-15-5-3-4-6-18(15)31-22/h3-11,21,24,26H,1-2H3/t21-/m0/s1. The molecule has 7 nitrogen and oxygen atoms in total. The fraction of sp³-hybridized carbons (Fsp3) is 0.130.